The van der Waals surface area contributed by atoms with Crippen molar-refractivity contribution in [1.82, 2.24) is 24.9 Å². The number of fused-ring (bicyclic) bond motifs is 1. The molecule has 2 fully saturated rings. The van der Waals surface area contributed by atoms with Gasteiger partial charge in [0.05, 0.1) is 16.6 Å². The number of rotatable bonds is 7. The lowest BCUT2D eigenvalue weighted by atomic mass is 10.1. The minimum Gasteiger partial charge on any atom is -0.508 e. The van der Waals surface area contributed by atoms with Crippen LogP contribution in [0.2, 0.25) is 5.02 Å². The maximum absolute atomic E-state index is 14.1. The van der Waals surface area contributed by atoms with E-state index in [0.717, 1.165) is 30.4 Å². The number of piperidine rings is 1. The van der Waals surface area contributed by atoms with E-state index in [-0.39, 0.29) is 22.8 Å². The van der Waals surface area contributed by atoms with Crippen molar-refractivity contribution in [3.63, 3.8) is 0 Å². The summed E-state index contributed by atoms with van der Waals surface area (Å²) in [6.45, 7) is 2.45. The maximum Gasteiger partial charge on any atom is 0.269 e. The van der Waals surface area contributed by atoms with Crippen LogP contribution in [0.3, 0.4) is 0 Å². The van der Waals surface area contributed by atoms with Crippen molar-refractivity contribution in [2.45, 2.75) is 29.9 Å². The van der Waals surface area contributed by atoms with Crippen LogP contribution in [0.25, 0.3) is 28.0 Å². The zero-order valence-electron chi connectivity index (χ0n) is 26.0. The minimum absolute atomic E-state index is 0.0556. The number of benzene rings is 4. The fraction of sp³-hybridized carbons (Fsp3) is 0.222. The van der Waals surface area contributed by atoms with Crippen LogP contribution in [0.4, 0.5) is 0 Å². The predicted molar refractivity (Wildman–Crippen MR) is 200 cm³/mol. The summed E-state index contributed by atoms with van der Waals surface area (Å²) in [6, 6.07) is 24.1. The standard InChI is InChI=1S/C36H30Br2ClN5O4S/c37-23-18-27-31(28(38)19-23)40-32(21-8-12-24(39)13-9-21)43(34(27)47)25-14-10-22(11-15-25)33(46)41-44-35(48)30(20-42-16-4-1-5-17-42)49-36(44)26-6-2-3-7-29(26)45/h2-3,6-15,18-19,30,36,45H,1,4-5,16-17,20H2,(H,41,46). The van der Waals surface area contributed by atoms with Crippen LogP contribution in [-0.2, 0) is 4.79 Å². The molecule has 13 heteroatoms. The van der Waals surface area contributed by atoms with E-state index in [2.05, 4.69) is 42.2 Å². The van der Waals surface area contributed by atoms with E-state index in [4.69, 9.17) is 16.6 Å². The monoisotopic (exact) mass is 821 g/mol. The van der Waals surface area contributed by atoms with Gasteiger partial charge in [-0.05, 0) is 109 Å². The number of hydrazine groups is 1. The van der Waals surface area contributed by atoms with Crippen molar-refractivity contribution in [1.29, 1.82) is 0 Å². The highest BCUT2D eigenvalue weighted by atomic mass is 79.9. The van der Waals surface area contributed by atoms with E-state index in [1.807, 2.05) is 6.07 Å². The van der Waals surface area contributed by atoms with Gasteiger partial charge >= 0.3 is 0 Å². The summed E-state index contributed by atoms with van der Waals surface area (Å²) in [4.78, 5) is 48.7. The normalized spacial score (nSPS) is 18.3. The lowest BCUT2D eigenvalue weighted by Crippen LogP contribution is -2.47. The number of aromatic hydroxyl groups is 1. The highest BCUT2D eigenvalue weighted by Gasteiger charge is 2.44. The first-order valence-electron chi connectivity index (χ1n) is 15.8. The molecule has 1 aromatic heterocycles. The molecule has 0 spiro atoms. The number of phenolic OH excluding ortho intramolecular Hbond substituents is 1. The molecule has 7 rings (SSSR count). The van der Waals surface area contributed by atoms with Crippen LogP contribution < -0.4 is 11.0 Å². The Morgan fingerprint density at radius 2 is 1.67 bits per heavy atom. The summed E-state index contributed by atoms with van der Waals surface area (Å²) < 4.78 is 2.89. The zero-order valence-corrected chi connectivity index (χ0v) is 30.7. The van der Waals surface area contributed by atoms with Crippen LogP contribution in [0, 0.1) is 0 Å². The van der Waals surface area contributed by atoms with Crippen LogP contribution in [0.1, 0.15) is 40.6 Å². The molecule has 4 aromatic carbocycles. The Hall–Kier alpha value is -3.68. The number of thioether (sulfide) groups is 1. The van der Waals surface area contributed by atoms with Gasteiger partial charge in [0.25, 0.3) is 17.4 Å². The topological polar surface area (TPSA) is 108 Å². The van der Waals surface area contributed by atoms with E-state index in [1.165, 1.54) is 27.8 Å². The number of nitrogens with zero attached hydrogens (tertiary/aromatic N) is 4. The van der Waals surface area contributed by atoms with Crippen LogP contribution in [0.5, 0.6) is 5.75 Å². The summed E-state index contributed by atoms with van der Waals surface area (Å²) in [5.74, 6) is -0.249. The van der Waals surface area contributed by atoms with Gasteiger partial charge in [0.15, 0.2) is 0 Å². The summed E-state index contributed by atoms with van der Waals surface area (Å²) >= 11 is 14.6. The summed E-state index contributed by atoms with van der Waals surface area (Å²) in [5, 5.41) is 12.0. The van der Waals surface area contributed by atoms with Gasteiger partial charge in [-0.3, -0.25) is 24.4 Å². The molecular formula is C36H30Br2ClN5O4S. The number of hydrogen-bond acceptors (Lipinski definition) is 7. The quantitative estimate of drug-likeness (QED) is 0.173. The number of likely N-dealkylation sites (tertiary alicyclic amines) is 1. The Kier molecular flexibility index (Phi) is 9.85. The lowest BCUT2D eigenvalue weighted by Gasteiger charge is -2.28. The molecule has 250 valence electrons. The van der Waals surface area contributed by atoms with Gasteiger partial charge in [-0.25, -0.2) is 9.99 Å². The van der Waals surface area contributed by atoms with Gasteiger partial charge in [-0.1, -0.05) is 52.2 Å². The molecule has 2 N–H and O–H groups in total. The fourth-order valence-electron chi connectivity index (χ4n) is 6.25. The Morgan fingerprint density at radius 3 is 2.39 bits per heavy atom. The third kappa shape index (κ3) is 6.89. The molecule has 2 amide bonds. The first kappa shape index (κ1) is 33.8. The van der Waals surface area contributed by atoms with Gasteiger partial charge in [0.1, 0.15) is 22.2 Å². The number of nitrogens with one attached hydrogen (secondary N) is 1. The first-order chi connectivity index (χ1) is 23.7. The fourth-order valence-corrected chi connectivity index (χ4v) is 9.15. The number of aromatic nitrogens is 2. The van der Waals surface area contributed by atoms with E-state index in [1.54, 1.807) is 78.9 Å². The number of para-hydroxylation sites is 1. The third-order valence-corrected chi connectivity index (χ3v) is 11.4. The van der Waals surface area contributed by atoms with Crippen LogP contribution >= 0.6 is 55.2 Å². The number of amides is 2. The molecule has 0 saturated carbocycles. The lowest BCUT2D eigenvalue weighted by molar-refractivity contribution is -0.132. The average Bonchev–Trinajstić information content (AvgIpc) is 3.39. The zero-order chi connectivity index (χ0) is 34.2. The second-order valence-electron chi connectivity index (χ2n) is 12.0. The summed E-state index contributed by atoms with van der Waals surface area (Å²) in [7, 11) is 0. The second-order valence-corrected chi connectivity index (χ2v) is 15.5. The van der Waals surface area contributed by atoms with Crippen molar-refractivity contribution in [3.05, 3.63) is 120 Å². The van der Waals surface area contributed by atoms with Crippen molar-refractivity contribution in [2.75, 3.05) is 19.6 Å². The molecular weight excluding hydrogens is 794 g/mol. The molecule has 0 radical (unpaired) electrons. The van der Waals surface area contributed by atoms with E-state index in [0.29, 0.717) is 49.6 Å². The van der Waals surface area contributed by atoms with Gasteiger partial charge in [0.2, 0.25) is 0 Å². The average molecular weight is 824 g/mol. The van der Waals surface area contributed by atoms with Gasteiger partial charge in [-0.2, -0.15) is 0 Å². The number of carbonyl (C=O) groups is 2. The second kappa shape index (κ2) is 14.3. The van der Waals surface area contributed by atoms with Crippen molar-refractivity contribution < 1.29 is 14.7 Å². The van der Waals surface area contributed by atoms with E-state index < -0.39 is 16.5 Å². The number of carbonyl (C=O) groups excluding carboxylic acids is 2. The van der Waals surface area contributed by atoms with Crippen molar-refractivity contribution in [3.8, 4) is 22.8 Å². The molecule has 2 saturated heterocycles. The number of halogens is 3. The molecule has 2 unspecified atom stereocenters. The molecule has 49 heavy (non-hydrogen) atoms. The van der Waals surface area contributed by atoms with Crippen LogP contribution in [0.15, 0.2) is 98.7 Å². The van der Waals surface area contributed by atoms with Gasteiger partial charge in [-0.15, -0.1) is 11.8 Å². The van der Waals surface area contributed by atoms with Crippen molar-refractivity contribution in [2.24, 2.45) is 0 Å². The molecule has 3 heterocycles. The predicted octanol–water partition coefficient (Wildman–Crippen LogP) is 7.71. The first-order valence-corrected chi connectivity index (χ1v) is 18.7. The van der Waals surface area contributed by atoms with Gasteiger partial charge < -0.3 is 10.0 Å². The molecule has 9 nitrogen and oxygen atoms in total. The molecule has 2 atom stereocenters. The Labute approximate surface area is 308 Å². The third-order valence-electron chi connectivity index (χ3n) is 8.72. The summed E-state index contributed by atoms with van der Waals surface area (Å²) in [5.41, 5.74) is 5.06. The molecule has 0 aliphatic carbocycles. The van der Waals surface area contributed by atoms with Gasteiger partial charge in [0, 0.05) is 37.2 Å². The summed E-state index contributed by atoms with van der Waals surface area (Å²) in [6.07, 6.45) is 3.39. The highest BCUT2D eigenvalue weighted by Crippen LogP contribution is 2.45. The maximum atomic E-state index is 14.1. The Bertz CT molecular complexity index is 2120. The number of phenols is 1. The van der Waals surface area contributed by atoms with E-state index in [9.17, 15) is 19.5 Å². The van der Waals surface area contributed by atoms with Crippen molar-refractivity contribution >= 4 is 77.9 Å². The Balaban J connectivity index is 1.21. The molecule has 2 aliphatic rings. The van der Waals surface area contributed by atoms with Crippen LogP contribution in [-0.4, -0.2) is 61.3 Å². The number of hydrogen-bond donors (Lipinski definition) is 2. The SMILES string of the molecule is O=C(NN1C(=O)C(CN2CCCCC2)SC1c1ccccc1O)c1ccc(-n2c(-c3ccc(Cl)cc3)nc3c(Br)cc(Br)cc3c2=O)cc1. The smallest absolute Gasteiger partial charge is 0.269 e. The molecule has 2 aliphatic heterocycles. The minimum atomic E-state index is -0.602. The molecule has 0 bridgehead atoms. The Morgan fingerprint density at radius 1 is 0.959 bits per heavy atom. The highest BCUT2D eigenvalue weighted by molar-refractivity contribution is 9.11. The molecule has 5 aromatic rings. The van der Waals surface area contributed by atoms with E-state index >= 15 is 0 Å². The largest absolute Gasteiger partial charge is 0.508 e.